The summed E-state index contributed by atoms with van der Waals surface area (Å²) in [7, 11) is 0. The average molecular weight is 398 g/mol. The third-order valence-electron chi connectivity index (χ3n) is 2.95. The molecule has 0 aliphatic carbocycles. The number of aromatic carboxylic acids is 1. The van der Waals surface area contributed by atoms with Crippen molar-refractivity contribution in [3.05, 3.63) is 61.2 Å². The molecule has 7 heteroatoms. The van der Waals surface area contributed by atoms with Gasteiger partial charge >= 0.3 is 5.97 Å². The standard InChI is InChI=1S/C14H11IN2O4/c1-8-12(16-11-4-2-10(15)3-5-11)6-9(14(18)19)7-13(8)17(20)21/h2-7,16H,1H3,(H,18,19). The number of anilines is 2. The number of nitrogens with one attached hydrogen (secondary N) is 1. The Morgan fingerprint density at radius 1 is 1.29 bits per heavy atom. The Bertz CT molecular complexity index is 714. The largest absolute Gasteiger partial charge is 0.478 e. The van der Waals surface area contributed by atoms with Crippen LogP contribution < -0.4 is 5.32 Å². The monoisotopic (exact) mass is 398 g/mol. The summed E-state index contributed by atoms with van der Waals surface area (Å²) in [5.74, 6) is -1.20. The number of rotatable bonds is 4. The molecule has 0 saturated carbocycles. The highest BCUT2D eigenvalue weighted by Gasteiger charge is 2.19. The number of nitro benzene ring substituents is 1. The first kappa shape index (κ1) is 15.2. The maximum atomic E-state index is 11.1. The highest BCUT2D eigenvalue weighted by molar-refractivity contribution is 14.1. The molecule has 0 saturated heterocycles. The van der Waals surface area contributed by atoms with Gasteiger partial charge in [0.15, 0.2) is 0 Å². The molecule has 0 fully saturated rings. The molecule has 0 aliphatic rings. The van der Waals surface area contributed by atoms with Crippen molar-refractivity contribution in [2.24, 2.45) is 0 Å². The fourth-order valence-electron chi connectivity index (χ4n) is 1.83. The van der Waals surface area contributed by atoms with Crippen molar-refractivity contribution in [2.75, 3.05) is 5.32 Å². The van der Waals surface area contributed by atoms with Crippen LogP contribution in [0.1, 0.15) is 15.9 Å². The van der Waals surface area contributed by atoms with E-state index in [0.717, 1.165) is 15.3 Å². The molecule has 0 aromatic heterocycles. The van der Waals surface area contributed by atoms with Crippen LogP contribution in [0.15, 0.2) is 36.4 Å². The van der Waals surface area contributed by atoms with Gasteiger partial charge in [-0.2, -0.15) is 0 Å². The summed E-state index contributed by atoms with van der Waals surface area (Å²) < 4.78 is 1.06. The number of hydrogen-bond acceptors (Lipinski definition) is 4. The van der Waals surface area contributed by atoms with Crippen molar-refractivity contribution in [3.63, 3.8) is 0 Å². The van der Waals surface area contributed by atoms with Gasteiger partial charge in [0.2, 0.25) is 0 Å². The van der Waals surface area contributed by atoms with Crippen molar-refractivity contribution in [1.29, 1.82) is 0 Å². The SMILES string of the molecule is Cc1c(Nc2ccc(I)cc2)cc(C(=O)O)cc1[N+](=O)[O-]. The van der Waals surface area contributed by atoms with Gasteiger partial charge in [0, 0.05) is 21.0 Å². The molecular formula is C14H11IN2O4. The summed E-state index contributed by atoms with van der Waals surface area (Å²) >= 11 is 2.17. The van der Waals surface area contributed by atoms with Gasteiger partial charge in [0.25, 0.3) is 5.69 Å². The zero-order chi connectivity index (χ0) is 15.6. The Hall–Kier alpha value is -2.16. The molecule has 0 amide bonds. The number of nitro groups is 1. The van der Waals surface area contributed by atoms with Crippen LogP contribution >= 0.6 is 22.6 Å². The molecule has 0 heterocycles. The average Bonchev–Trinajstić information content (AvgIpc) is 2.42. The summed E-state index contributed by atoms with van der Waals surface area (Å²) in [6.45, 7) is 1.58. The Morgan fingerprint density at radius 2 is 1.90 bits per heavy atom. The zero-order valence-corrected chi connectivity index (χ0v) is 13.1. The van der Waals surface area contributed by atoms with Gasteiger partial charge in [-0.25, -0.2) is 4.79 Å². The lowest BCUT2D eigenvalue weighted by Crippen LogP contribution is -2.03. The third-order valence-corrected chi connectivity index (χ3v) is 3.67. The second-order valence-corrected chi connectivity index (χ2v) is 5.61. The maximum Gasteiger partial charge on any atom is 0.336 e. The minimum atomic E-state index is -1.20. The van der Waals surface area contributed by atoms with Crippen LogP contribution in [0, 0.1) is 20.6 Å². The van der Waals surface area contributed by atoms with Crippen molar-refractivity contribution in [1.82, 2.24) is 0 Å². The molecule has 21 heavy (non-hydrogen) atoms. The van der Waals surface area contributed by atoms with Crippen LogP contribution in [0.2, 0.25) is 0 Å². The quantitative estimate of drug-likeness (QED) is 0.462. The third kappa shape index (κ3) is 3.48. The summed E-state index contributed by atoms with van der Waals surface area (Å²) in [4.78, 5) is 21.5. The zero-order valence-electron chi connectivity index (χ0n) is 11.0. The topological polar surface area (TPSA) is 92.5 Å². The number of benzene rings is 2. The second kappa shape index (κ2) is 6.08. The fraction of sp³-hybridized carbons (Fsp3) is 0.0714. The van der Waals surface area contributed by atoms with Gasteiger partial charge in [-0.15, -0.1) is 0 Å². The van der Waals surface area contributed by atoms with E-state index in [4.69, 9.17) is 5.11 Å². The predicted octanol–water partition coefficient (Wildman–Crippen LogP) is 3.95. The number of hydrogen-bond donors (Lipinski definition) is 2. The predicted molar refractivity (Wildman–Crippen MR) is 87.2 cm³/mol. The molecule has 6 nitrogen and oxygen atoms in total. The maximum absolute atomic E-state index is 11.1. The summed E-state index contributed by atoms with van der Waals surface area (Å²) in [5.41, 5.74) is 1.19. The number of halogens is 1. The normalized spacial score (nSPS) is 10.2. The highest BCUT2D eigenvalue weighted by atomic mass is 127. The molecule has 0 atom stereocenters. The fourth-order valence-corrected chi connectivity index (χ4v) is 2.19. The van der Waals surface area contributed by atoms with Crippen molar-refractivity contribution in [2.45, 2.75) is 6.92 Å². The van der Waals surface area contributed by atoms with E-state index in [1.54, 1.807) is 6.92 Å². The van der Waals surface area contributed by atoms with Crippen LogP contribution in [0.5, 0.6) is 0 Å². The van der Waals surface area contributed by atoms with E-state index in [-0.39, 0.29) is 11.3 Å². The number of carbonyl (C=O) groups is 1. The minimum Gasteiger partial charge on any atom is -0.478 e. The van der Waals surface area contributed by atoms with E-state index in [1.807, 2.05) is 24.3 Å². The van der Waals surface area contributed by atoms with E-state index in [1.165, 1.54) is 6.07 Å². The van der Waals surface area contributed by atoms with Crippen LogP contribution in [-0.4, -0.2) is 16.0 Å². The molecule has 108 valence electrons. The van der Waals surface area contributed by atoms with Gasteiger partial charge in [-0.05, 0) is 59.8 Å². The molecular weight excluding hydrogens is 387 g/mol. The van der Waals surface area contributed by atoms with Crippen molar-refractivity contribution in [3.8, 4) is 0 Å². The van der Waals surface area contributed by atoms with Gasteiger partial charge in [0.1, 0.15) is 0 Å². The number of nitrogens with zero attached hydrogens (tertiary/aromatic N) is 1. The molecule has 2 aromatic carbocycles. The molecule has 0 aliphatic heterocycles. The lowest BCUT2D eigenvalue weighted by Gasteiger charge is -2.11. The first-order valence-electron chi connectivity index (χ1n) is 5.93. The molecule has 0 bridgehead atoms. The van der Waals surface area contributed by atoms with Crippen LogP contribution in [0.4, 0.5) is 17.1 Å². The molecule has 2 aromatic rings. The van der Waals surface area contributed by atoms with Gasteiger partial charge < -0.3 is 10.4 Å². The van der Waals surface area contributed by atoms with Gasteiger partial charge in [0.05, 0.1) is 16.1 Å². The van der Waals surface area contributed by atoms with Crippen LogP contribution in [0.3, 0.4) is 0 Å². The van der Waals surface area contributed by atoms with E-state index in [0.29, 0.717) is 11.3 Å². The Morgan fingerprint density at radius 3 is 2.43 bits per heavy atom. The van der Waals surface area contributed by atoms with E-state index < -0.39 is 10.9 Å². The van der Waals surface area contributed by atoms with Gasteiger partial charge in [-0.3, -0.25) is 10.1 Å². The van der Waals surface area contributed by atoms with E-state index >= 15 is 0 Å². The molecule has 0 spiro atoms. The summed E-state index contributed by atoms with van der Waals surface area (Å²) in [6, 6.07) is 9.86. The molecule has 2 rings (SSSR count). The number of carboxylic acid groups (broad SMARTS) is 1. The van der Waals surface area contributed by atoms with Gasteiger partial charge in [-0.1, -0.05) is 0 Å². The van der Waals surface area contributed by atoms with E-state index in [2.05, 4.69) is 27.9 Å². The van der Waals surface area contributed by atoms with Crippen LogP contribution in [0.25, 0.3) is 0 Å². The smallest absolute Gasteiger partial charge is 0.336 e. The first-order chi connectivity index (χ1) is 9.88. The second-order valence-electron chi connectivity index (χ2n) is 4.36. The summed E-state index contributed by atoms with van der Waals surface area (Å²) in [6.07, 6.45) is 0. The highest BCUT2D eigenvalue weighted by Crippen LogP contribution is 2.30. The lowest BCUT2D eigenvalue weighted by molar-refractivity contribution is -0.385. The molecule has 0 unspecified atom stereocenters. The van der Waals surface area contributed by atoms with Crippen molar-refractivity contribution >= 4 is 45.6 Å². The molecule has 0 radical (unpaired) electrons. The Kier molecular flexibility index (Phi) is 4.41. The first-order valence-corrected chi connectivity index (χ1v) is 7.01. The molecule has 2 N–H and O–H groups in total. The lowest BCUT2D eigenvalue weighted by atomic mass is 10.1. The van der Waals surface area contributed by atoms with Crippen molar-refractivity contribution < 1.29 is 14.8 Å². The summed E-state index contributed by atoms with van der Waals surface area (Å²) in [5, 5.41) is 23.1. The Balaban J connectivity index is 2.48. The Labute approximate surface area is 134 Å². The number of carboxylic acids is 1. The van der Waals surface area contributed by atoms with E-state index in [9.17, 15) is 14.9 Å². The minimum absolute atomic E-state index is 0.125. The van der Waals surface area contributed by atoms with Crippen LogP contribution in [-0.2, 0) is 0 Å².